The van der Waals surface area contributed by atoms with Gasteiger partial charge in [-0.3, -0.25) is 19.3 Å². The van der Waals surface area contributed by atoms with Crippen molar-refractivity contribution in [2.75, 3.05) is 19.6 Å². The largest absolute Gasteiger partial charge is 0.434 e. The maximum Gasteiger partial charge on any atom is 0.322 e. The van der Waals surface area contributed by atoms with Crippen LogP contribution in [-0.4, -0.2) is 114 Å². The van der Waals surface area contributed by atoms with Gasteiger partial charge in [-0.05, 0) is 114 Å². The third kappa shape index (κ3) is 7.46. The van der Waals surface area contributed by atoms with Crippen LogP contribution in [-0.2, 0) is 86.3 Å². The molecule has 3 aliphatic carbocycles. The highest BCUT2D eigenvalue weighted by atomic mass is 17.3. The summed E-state index contributed by atoms with van der Waals surface area (Å²) in [6.45, 7) is 16.8. The Hall–Kier alpha value is -2.11. The van der Waals surface area contributed by atoms with E-state index in [0.717, 1.165) is 57.8 Å². The molecule has 3 spiro atoms. The Morgan fingerprint density at radius 2 is 0.700 bits per heavy atom. The van der Waals surface area contributed by atoms with Crippen LogP contribution in [0.1, 0.15) is 139 Å². The number of nitrogens with zero attached hydrogens (tertiary/aromatic N) is 1. The molecule has 392 valence electrons. The van der Waals surface area contributed by atoms with E-state index in [0.29, 0.717) is 37.0 Å². The van der Waals surface area contributed by atoms with Gasteiger partial charge < -0.3 is 42.6 Å². The van der Waals surface area contributed by atoms with Gasteiger partial charge in [0.2, 0.25) is 36.2 Å². The van der Waals surface area contributed by atoms with E-state index in [1.54, 1.807) is 0 Å². The molecular weight excluding hydrogens is 915 g/mol. The summed E-state index contributed by atoms with van der Waals surface area (Å²) >= 11 is 0. The van der Waals surface area contributed by atoms with Crippen molar-refractivity contribution in [2.45, 2.75) is 211 Å². The zero-order valence-corrected chi connectivity index (χ0v) is 42.3. The Bertz CT molecular complexity index is 1840. The molecule has 6 bridgehead atoms. The average Bonchev–Trinajstić information content (AvgIpc) is 3.79. The van der Waals surface area contributed by atoms with E-state index in [2.05, 4.69) is 20.8 Å². The summed E-state index contributed by atoms with van der Waals surface area (Å²) in [7, 11) is 0. The minimum absolute atomic E-state index is 0.0908. The van der Waals surface area contributed by atoms with Gasteiger partial charge in [0.25, 0.3) is 0 Å². The molecule has 12 heterocycles. The highest BCUT2D eigenvalue weighted by Crippen LogP contribution is 2.64. The fourth-order valence-electron chi connectivity index (χ4n) is 16.2. The standard InChI is InChI=1S/C51H75NO18/c1-25-10-13-34-28(4)40(59-43-49(34)31(25)16-19-46(7,62-43)65-68-49)56-37(53)22-52(23-38(54)57-41-29(5)35-14-11-26(2)32-17-20-47(8)63-44(60-41)50(32,35)69-66-47)24-39(55)58-42-30(6)36-15-12-27(3)33-18-21-48(9)64-45(61-42)51(33,36)70-67-48/h25-36,40-45H,10-24H2,1-9H3/t25-,26-,27-,28-,29-,30-,31+,32+,33+,34+,35+,36+,40-,41-,42-,43-,44-,45-,46?,47?,48?,49-,50-,51-/m1/s1. The summed E-state index contributed by atoms with van der Waals surface area (Å²) in [6, 6.07) is 0. The zero-order valence-electron chi connectivity index (χ0n) is 42.3. The predicted octanol–water partition coefficient (Wildman–Crippen LogP) is 6.54. The first-order chi connectivity index (χ1) is 33.3. The lowest BCUT2D eigenvalue weighted by molar-refractivity contribution is -0.576. The molecule has 3 unspecified atom stereocenters. The number of esters is 3. The van der Waals surface area contributed by atoms with E-state index in [9.17, 15) is 14.4 Å². The molecule has 3 saturated carbocycles. The van der Waals surface area contributed by atoms with E-state index in [4.69, 9.17) is 72.0 Å². The Kier molecular flexibility index (Phi) is 12.0. The molecule has 0 aromatic rings. The Balaban J connectivity index is 0.770. The van der Waals surface area contributed by atoms with Gasteiger partial charge in [-0.2, -0.15) is 0 Å². The van der Waals surface area contributed by atoms with E-state index in [-0.39, 0.29) is 53.3 Å². The third-order valence-corrected chi connectivity index (χ3v) is 20.1. The lowest BCUT2D eigenvalue weighted by atomic mass is 9.58. The molecule has 0 radical (unpaired) electrons. The van der Waals surface area contributed by atoms with Crippen LogP contribution in [0.4, 0.5) is 0 Å². The normalized spacial score (nSPS) is 54.9. The topological polar surface area (TPSA) is 193 Å². The summed E-state index contributed by atoms with van der Waals surface area (Å²) in [6.07, 6.45) is 4.32. The van der Waals surface area contributed by atoms with E-state index in [1.807, 2.05) is 41.5 Å². The van der Waals surface area contributed by atoms with Crippen LogP contribution >= 0.6 is 0 Å². The van der Waals surface area contributed by atoms with Crippen LogP contribution in [0.5, 0.6) is 0 Å². The van der Waals surface area contributed by atoms with E-state index in [1.165, 1.54) is 4.90 Å². The van der Waals surface area contributed by atoms with Crippen molar-refractivity contribution in [2.24, 2.45) is 71.0 Å². The summed E-state index contributed by atoms with van der Waals surface area (Å²) in [5, 5.41) is 0. The number of carbonyl (C=O) groups is 3. The Labute approximate surface area is 410 Å². The van der Waals surface area contributed by atoms with Crippen molar-refractivity contribution in [1.29, 1.82) is 0 Å². The minimum Gasteiger partial charge on any atom is -0.434 e. The van der Waals surface area contributed by atoms with Crippen molar-refractivity contribution in [1.82, 2.24) is 4.90 Å². The predicted molar refractivity (Wildman–Crippen MR) is 235 cm³/mol. The lowest BCUT2D eigenvalue weighted by Crippen LogP contribution is -2.70. The van der Waals surface area contributed by atoms with E-state index < -0.39 is 109 Å². The van der Waals surface area contributed by atoms with Crippen molar-refractivity contribution >= 4 is 17.9 Å². The maximum absolute atomic E-state index is 14.3. The van der Waals surface area contributed by atoms with Crippen molar-refractivity contribution in [3.05, 3.63) is 0 Å². The van der Waals surface area contributed by atoms with Crippen LogP contribution in [0.2, 0.25) is 0 Å². The fraction of sp³-hybridized carbons (Fsp3) is 0.941. The second-order valence-corrected chi connectivity index (χ2v) is 24.4. The minimum atomic E-state index is -1.01. The number of fused-ring (bicyclic) bond motifs is 6. The van der Waals surface area contributed by atoms with Crippen LogP contribution < -0.4 is 0 Å². The molecule has 70 heavy (non-hydrogen) atoms. The molecule has 0 aromatic carbocycles. The molecule has 12 aliphatic heterocycles. The van der Waals surface area contributed by atoms with Gasteiger partial charge in [-0.15, -0.1) is 0 Å². The molecule has 0 amide bonds. The summed E-state index contributed by atoms with van der Waals surface area (Å²) in [5.74, 6) is -4.89. The number of carbonyl (C=O) groups excluding carboxylic acids is 3. The first-order valence-corrected chi connectivity index (χ1v) is 26.7. The lowest BCUT2D eigenvalue weighted by Gasteiger charge is -2.60. The fourth-order valence-corrected chi connectivity index (χ4v) is 16.2. The SMILES string of the molecule is C[C@H]1[C@H](OC(=O)CN(CC(=O)O[C@@H]2O[C@@H]3OC4(C)CC[C@H]5[C@H](C)CC[C@@H]([C@H]2C)[C@@]35OO4)CC(=O)O[C@@H]2O[C@@H]3OC4(C)CC[C@H]5[C@H](C)CC[C@@H]([C@H]2C)[C@@]35OO4)O[C@@H]2OC3(C)CC[C@H]4[C@H](C)CC[C@@H]1[C@@]24OO3. The Morgan fingerprint density at radius 1 is 0.414 bits per heavy atom. The molecule has 15 aliphatic rings. The molecule has 12 saturated heterocycles. The van der Waals surface area contributed by atoms with Crippen LogP contribution in [0.3, 0.4) is 0 Å². The van der Waals surface area contributed by atoms with Crippen molar-refractivity contribution < 1.29 is 86.3 Å². The van der Waals surface area contributed by atoms with Crippen LogP contribution in [0.15, 0.2) is 0 Å². The maximum atomic E-state index is 14.3. The van der Waals surface area contributed by atoms with Gasteiger partial charge in [0, 0.05) is 54.8 Å². The monoisotopic (exact) mass is 989 g/mol. The van der Waals surface area contributed by atoms with Crippen LogP contribution in [0.25, 0.3) is 0 Å². The van der Waals surface area contributed by atoms with Crippen molar-refractivity contribution in [3.8, 4) is 0 Å². The number of hydrogen-bond acceptors (Lipinski definition) is 19. The second-order valence-electron chi connectivity index (χ2n) is 24.4. The van der Waals surface area contributed by atoms with Crippen LogP contribution in [0, 0.1) is 71.0 Å². The number of hydrogen-bond donors (Lipinski definition) is 0. The molecule has 15 rings (SSSR count). The highest BCUT2D eigenvalue weighted by Gasteiger charge is 2.73. The van der Waals surface area contributed by atoms with Gasteiger partial charge >= 0.3 is 17.9 Å². The molecule has 19 heteroatoms. The molecule has 24 atom stereocenters. The molecule has 0 N–H and O–H groups in total. The number of ether oxygens (including phenoxy) is 9. The summed E-state index contributed by atoms with van der Waals surface area (Å²) in [4.78, 5) is 81.1. The summed E-state index contributed by atoms with van der Waals surface area (Å²) < 4.78 is 57.8. The quantitative estimate of drug-likeness (QED) is 0.137. The third-order valence-electron chi connectivity index (χ3n) is 20.1. The van der Waals surface area contributed by atoms with Gasteiger partial charge in [-0.25, -0.2) is 29.3 Å². The first kappa shape index (κ1) is 48.8. The molecular formula is C51H75NO18. The highest BCUT2D eigenvalue weighted by molar-refractivity contribution is 5.78. The first-order valence-electron chi connectivity index (χ1n) is 26.7. The van der Waals surface area contributed by atoms with Gasteiger partial charge in [0.15, 0.2) is 35.7 Å². The van der Waals surface area contributed by atoms with E-state index >= 15 is 0 Å². The average molecular weight is 990 g/mol. The smallest absolute Gasteiger partial charge is 0.322 e. The number of rotatable bonds is 9. The van der Waals surface area contributed by atoms with Gasteiger partial charge in [0.05, 0.1) is 19.6 Å². The van der Waals surface area contributed by atoms with Gasteiger partial charge in [0.1, 0.15) is 0 Å². The zero-order chi connectivity index (χ0) is 48.9. The second kappa shape index (κ2) is 17.2. The summed E-state index contributed by atoms with van der Waals surface area (Å²) in [5.41, 5.74) is -2.56. The van der Waals surface area contributed by atoms with Crippen molar-refractivity contribution in [3.63, 3.8) is 0 Å². The van der Waals surface area contributed by atoms with Gasteiger partial charge in [-0.1, -0.05) is 41.5 Å². The molecule has 15 fully saturated rings. The molecule has 19 nitrogen and oxygen atoms in total. The Morgan fingerprint density at radius 3 is 0.986 bits per heavy atom. The molecule has 0 aromatic heterocycles.